The van der Waals surface area contributed by atoms with Gasteiger partial charge < -0.3 is 5.11 Å². The number of rotatable bonds is 2. The number of benzene rings is 2. The van der Waals surface area contributed by atoms with Gasteiger partial charge in [-0.3, -0.25) is 0 Å². The topological polar surface area (TPSA) is 20.2 Å². The fourth-order valence-electron chi connectivity index (χ4n) is 1.81. The minimum Gasteiger partial charge on any atom is -0.379 e. The van der Waals surface area contributed by atoms with Gasteiger partial charge in [-0.1, -0.05) is 48.6 Å². The Balaban J connectivity index is 2.53. The van der Waals surface area contributed by atoms with E-state index in [2.05, 4.69) is 6.07 Å². The highest BCUT2D eigenvalue weighted by atomic mass is 32.2. The summed E-state index contributed by atoms with van der Waals surface area (Å²) in [4.78, 5) is 0. The highest BCUT2D eigenvalue weighted by Gasteiger charge is 2.28. The molecule has 2 rings (SSSR count). The van der Waals surface area contributed by atoms with Crippen LogP contribution in [0, 0.1) is 0 Å². The van der Waals surface area contributed by atoms with Crippen molar-refractivity contribution in [1.82, 2.24) is 0 Å². The van der Waals surface area contributed by atoms with Crippen LogP contribution in [-0.4, -0.2) is 15.6 Å². The second kappa shape index (κ2) is 4.77. The highest BCUT2D eigenvalue weighted by Crippen LogP contribution is 2.29. The highest BCUT2D eigenvalue weighted by molar-refractivity contribution is 8.22. The Labute approximate surface area is 111 Å². The van der Waals surface area contributed by atoms with Gasteiger partial charge in [0.15, 0.2) is 0 Å². The van der Waals surface area contributed by atoms with Gasteiger partial charge in [0.1, 0.15) is 5.60 Å². The van der Waals surface area contributed by atoms with Crippen molar-refractivity contribution < 1.29 is 5.11 Å². The second-order valence-electron chi connectivity index (χ2n) is 4.13. The largest absolute Gasteiger partial charge is 0.379 e. The molecular formula is C14H14OS2. The Bertz CT molecular complexity index is 561. The van der Waals surface area contributed by atoms with Crippen LogP contribution < -0.4 is 0 Å². The van der Waals surface area contributed by atoms with Crippen molar-refractivity contribution in [2.24, 2.45) is 0 Å². The Hall–Kier alpha value is -0.900. The van der Waals surface area contributed by atoms with E-state index in [9.17, 15) is 5.11 Å². The van der Waals surface area contributed by atoms with E-state index in [1.165, 1.54) is 17.1 Å². The molecule has 3 heteroatoms. The monoisotopic (exact) mass is 262 g/mol. The van der Waals surface area contributed by atoms with Crippen LogP contribution in [0.1, 0.15) is 12.5 Å². The molecule has 0 fully saturated rings. The maximum Gasteiger partial charge on any atom is 0.128 e. The van der Waals surface area contributed by atoms with Gasteiger partial charge in [0.25, 0.3) is 0 Å². The van der Waals surface area contributed by atoms with Crippen molar-refractivity contribution in [3.8, 4) is 0 Å². The zero-order valence-electron chi connectivity index (χ0n) is 9.81. The molecule has 0 unspecified atom stereocenters. The molecule has 2 aromatic carbocycles. The minimum atomic E-state index is -1.06. The van der Waals surface area contributed by atoms with E-state index in [4.69, 9.17) is 12.2 Å². The first-order chi connectivity index (χ1) is 8.05. The van der Waals surface area contributed by atoms with Gasteiger partial charge in [0.05, 0.1) is 4.20 Å². The number of hydrogen-bond acceptors (Lipinski definition) is 3. The summed E-state index contributed by atoms with van der Waals surface area (Å²) in [6.07, 6.45) is 1.89. The molecule has 0 saturated carbocycles. The third-order valence-corrected chi connectivity index (χ3v) is 4.56. The van der Waals surface area contributed by atoms with Crippen molar-refractivity contribution in [3.63, 3.8) is 0 Å². The van der Waals surface area contributed by atoms with Crippen molar-refractivity contribution in [2.75, 3.05) is 6.26 Å². The second-order valence-corrected chi connectivity index (χ2v) is 5.61. The minimum absolute atomic E-state index is 0.591. The molecule has 1 nitrogen and oxygen atoms in total. The van der Waals surface area contributed by atoms with Gasteiger partial charge in [-0.05, 0) is 35.6 Å². The number of thiocarbonyl (C=S) groups is 1. The van der Waals surface area contributed by atoms with Crippen molar-refractivity contribution in [2.45, 2.75) is 12.5 Å². The number of fused-ring (bicyclic) bond motifs is 1. The van der Waals surface area contributed by atoms with E-state index < -0.39 is 5.60 Å². The molecule has 1 atom stereocenters. The lowest BCUT2D eigenvalue weighted by Gasteiger charge is -2.24. The zero-order chi connectivity index (χ0) is 12.5. The Morgan fingerprint density at radius 3 is 2.47 bits per heavy atom. The van der Waals surface area contributed by atoms with E-state index in [-0.39, 0.29) is 0 Å². The molecule has 2 aromatic rings. The molecule has 1 N–H and O–H groups in total. The normalized spacial score (nSPS) is 14.5. The average molecular weight is 262 g/mol. The predicted molar refractivity (Wildman–Crippen MR) is 79.6 cm³/mol. The molecule has 0 aliphatic heterocycles. The standard InChI is InChI=1S/C14H14OS2/c1-14(15,13(16)17-2)12-8-7-10-5-3-4-6-11(10)9-12/h3-9,15H,1-2H3/t14-/m0/s1. The Morgan fingerprint density at radius 1 is 1.18 bits per heavy atom. The molecule has 17 heavy (non-hydrogen) atoms. The molecule has 0 heterocycles. The predicted octanol–water partition coefficient (Wildman–Crippen LogP) is 3.74. The van der Waals surface area contributed by atoms with Crippen LogP contribution in [0.2, 0.25) is 0 Å². The van der Waals surface area contributed by atoms with E-state index >= 15 is 0 Å². The average Bonchev–Trinajstić information content (AvgIpc) is 2.37. The summed E-state index contributed by atoms with van der Waals surface area (Å²) in [5.74, 6) is 0. The fraction of sp³-hybridized carbons (Fsp3) is 0.214. The summed E-state index contributed by atoms with van der Waals surface area (Å²) < 4.78 is 0.591. The van der Waals surface area contributed by atoms with Gasteiger partial charge in [0.2, 0.25) is 0 Å². The van der Waals surface area contributed by atoms with Gasteiger partial charge in [-0.2, -0.15) is 0 Å². The van der Waals surface area contributed by atoms with E-state index in [1.807, 2.05) is 42.7 Å². The summed E-state index contributed by atoms with van der Waals surface area (Å²) in [5.41, 5.74) is -0.214. The molecule has 0 bridgehead atoms. The molecular weight excluding hydrogens is 248 g/mol. The van der Waals surface area contributed by atoms with Gasteiger partial charge >= 0.3 is 0 Å². The summed E-state index contributed by atoms with van der Waals surface area (Å²) in [6, 6.07) is 14.0. The van der Waals surface area contributed by atoms with Crippen LogP contribution in [-0.2, 0) is 5.60 Å². The van der Waals surface area contributed by atoms with Crippen LogP contribution in [0.3, 0.4) is 0 Å². The van der Waals surface area contributed by atoms with Crippen LogP contribution >= 0.6 is 24.0 Å². The molecule has 0 aromatic heterocycles. The number of aliphatic hydroxyl groups is 1. The van der Waals surface area contributed by atoms with Crippen molar-refractivity contribution in [3.05, 3.63) is 48.0 Å². The SMILES string of the molecule is CSC(=S)[C@@](C)(O)c1ccc2ccccc2c1. The Morgan fingerprint density at radius 2 is 1.82 bits per heavy atom. The van der Waals surface area contributed by atoms with Crippen LogP contribution in [0.25, 0.3) is 10.8 Å². The Kier molecular flexibility index (Phi) is 3.52. The summed E-state index contributed by atoms with van der Waals surface area (Å²) in [6.45, 7) is 1.75. The molecule has 88 valence electrons. The zero-order valence-corrected chi connectivity index (χ0v) is 11.4. The van der Waals surface area contributed by atoms with Gasteiger partial charge in [0, 0.05) is 0 Å². The van der Waals surface area contributed by atoms with Crippen LogP contribution in [0.15, 0.2) is 42.5 Å². The lowest BCUT2D eigenvalue weighted by Crippen LogP contribution is -2.28. The number of hydrogen-bond donors (Lipinski definition) is 1. The molecule has 0 radical (unpaired) electrons. The third-order valence-electron chi connectivity index (χ3n) is 2.89. The van der Waals surface area contributed by atoms with E-state index in [0.717, 1.165) is 10.9 Å². The lowest BCUT2D eigenvalue weighted by atomic mass is 9.95. The summed E-state index contributed by atoms with van der Waals surface area (Å²) in [5, 5.41) is 12.7. The molecule has 0 amide bonds. The van der Waals surface area contributed by atoms with Crippen molar-refractivity contribution >= 4 is 38.9 Å². The maximum absolute atomic E-state index is 10.5. The molecule has 0 aliphatic rings. The van der Waals surface area contributed by atoms with Gasteiger partial charge in [-0.25, -0.2) is 0 Å². The van der Waals surface area contributed by atoms with E-state index in [1.54, 1.807) is 6.92 Å². The summed E-state index contributed by atoms with van der Waals surface area (Å²) in [7, 11) is 0. The number of thioether (sulfide) groups is 1. The quantitative estimate of drug-likeness (QED) is 0.833. The first kappa shape index (κ1) is 12.6. The van der Waals surface area contributed by atoms with Crippen molar-refractivity contribution in [1.29, 1.82) is 0 Å². The first-order valence-corrected chi connectivity index (χ1v) is 6.99. The molecule has 0 saturated heterocycles. The van der Waals surface area contributed by atoms with E-state index in [0.29, 0.717) is 4.20 Å². The maximum atomic E-state index is 10.5. The lowest BCUT2D eigenvalue weighted by molar-refractivity contribution is 0.139. The molecule has 0 aliphatic carbocycles. The molecule has 0 spiro atoms. The van der Waals surface area contributed by atoms with Crippen LogP contribution in [0.4, 0.5) is 0 Å². The fourth-order valence-corrected chi connectivity index (χ4v) is 2.44. The summed E-state index contributed by atoms with van der Waals surface area (Å²) >= 11 is 6.62. The van der Waals surface area contributed by atoms with Crippen LogP contribution in [0.5, 0.6) is 0 Å². The first-order valence-electron chi connectivity index (χ1n) is 5.36. The van der Waals surface area contributed by atoms with Gasteiger partial charge in [-0.15, -0.1) is 11.8 Å². The third kappa shape index (κ3) is 2.37. The smallest absolute Gasteiger partial charge is 0.128 e.